The fraction of sp³-hybridized carbons (Fsp3) is 0.250. The molecule has 6 nitrogen and oxygen atoms in total. The van der Waals surface area contributed by atoms with Gasteiger partial charge in [0.2, 0.25) is 4.77 Å². The summed E-state index contributed by atoms with van der Waals surface area (Å²) < 4.78 is 71.9. The predicted octanol–water partition coefficient (Wildman–Crippen LogP) is 3.45. The Morgan fingerprint density at radius 1 is 1.33 bits per heavy atom. The Hall–Kier alpha value is -2.50. The number of hydrogen-bond donors (Lipinski definition) is 1. The van der Waals surface area contributed by atoms with Gasteiger partial charge in [-0.15, -0.1) is 5.10 Å². The minimum Gasteiger partial charge on any atom is -0.493 e. The Morgan fingerprint density at radius 3 is 2.62 bits per heavy atom. The second kappa shape index (κ2) is 6.95. The van der Waals surface area contributed by atoms with E-state index in [0.717, 1.165) is 6.21 Å². The highest BCUT2D eigenvalue weighted by Gasteiger charge is 2.37. The van der Waals surface area contributed by atoms with Gasteiger partial charge < -0.3 is 9.47 Å². The van der Waals surface area contributed by atoms with Crippen LogP contribution in [0.4, 0.5) is 22.0 Å². The van der Waals surface area contributed by atoms with E-state index in [1.165, 1.54) is 25.3 Å². The average molecular weight is 368 g/mol. The van der Waals surface area contributed by atoms with Crippen molar-refractivity contribution in [2.75, 3.05) is 7.11 Å². The summed E-state index contributed by atoms with van der Waals surface area (Å²) in [6, 6.07) is 3.74. The van der Waals surface area contributed by atoms with Crippen LogP contribution in [0.15, 0.2) is 23.3 Å². The first-order valence-electron chi connectivity index (χ1n) is 6.14. The minimum atomic E-state index is -4.75. The molecule has 0 aliphatic carbocycles. The molecule has 130 valence electrons. The number of alkyl halides is 5. The molecule has 0 bridgehead atoms. The van der Waals surface area contributed by atoms with Crippen molar-refractivity contribution in [1.29, 1.82) is 0 Å². The van der Waals surface area contributed by atoms with E-state index < -0.39 is 18.6 Å². The lowest BCUT2D eigenvalue weighted by atomic mass is 10.2. The molecule has 0 aliphatic heterocycles. The zero-order valence-electron chi connectivity index (χ0n) is 11.8. The SMILES string of the molecule is COc1cc(/C=N\n2c(C(F)(F)F)n[nH]c2=S)ccc1OC(F)F. The number of rotatable bonds is 5. The van der Waals surface area contributed by atoms with Gasteiger partial charge in [0.15, 0.2) is 11.5 Å². The zero-order valence-corrected chi connectivity index (χ0v) is 12.7. The molecule has 0 atom stereocenters. The largest absolute Gasteiger partial charge is 0.493 e. The Bertz CT molecular complexity index is 799. The van der Waals surface area contributed by atoms with Crippen LogP contribution in [0.5, 0.6) is 11.5 Å². The molecule has 1 aromatic heterocycles. The maximum Gasteiger partial charge on any atom is 0.453 e. The molecule has 1 N–H and O–H groups in total. The summed E-state index contributed by atoms with van der Waals surface area (Å²) in [5, 5.41) is 8.64. The first kappa shape index (κ1) is 17.8. The number of aromatic nitrogens is 3. The summed E-state index contributed by atoms with van der Waals surface area (Å²) in [4.78, 5) is 0. The maximum atomic E-state index is 12.7. The molecule has 0 unspecified atom stereocenters. The van der Waals surface area contributed by atoms with E-state index in [9.17, 15) is 22.0 Å². The summed E-state index contributed by atoms with van der Waals surface area (Å²) in [7, 11) is 1.22. The highest BCUT2D eigenvalue weighted by molar-refractivity contribution is 7.71. The van der Waals surface area contributed by atoms with Crippen LogP contribution < -0.4 is 9.47 Å². The van der Waals surface area contributed by atoms with Gasteiger partial charge in [-0.05, 0) is 36.0 Å². The number of hydrogen-bond acceptors (Lipinski definition) is 5. The summed E-state index contributed by atoms with van der Waals surface area (Å²) in [5.41, 5.74) is 0.268. The van der Waals surface area contributed by atoms with Crippen molar-refractivity contribution in [3.8, 4) is 11.5 Å². The second-order valence-electron chi connectivity index (χ2n) is 4.20. The smallest absolute Gasteiger partial charge is 0.453 e. The van der Waals surface area contributed by atoms with E-state index in [1.54, 1.807) is 0 Å². The number of aromatic amines is 1. The van der Waals surface area contributed by atoms with Crippen LogP contribution >= 0.6 is 12.2 Å². The molecule has 1 heterocycles. The molecular formula is C12H9F5N4O2S. The molecule has 12 heteroatoms. The molecule has 2 aromatic rings. The second-order valence-corrected chi connectivity index (χ2v) is 4.58. The van der Waals surface area contributed by atoms with Crippen molar-refractivity contribution < 1.29 is 31.4 Å². The van der Waals surface area contributed by atoms with Gasteiger partial charge in [0.25, 0.3) is 5.82 Å². The molecule has 0 spiro atoms. The molecule has 0 saturated heterocycles. The van der Waals surface area contributed by atoms with E-state index in [1.807, 2.05) is 5.10 Å². The van der Waals surface area contributed by atoms with Crippen molar-refractivity contribution in [3.63, 3.8) is 0 Å². The molecule has 24 heavy (non-hydrogen) atoms. The molecule has 0 fully saturated rings. The lowest BCUT2D eigenvalue weighted by Gasteiger charge is -2.10. The molecule has 0 aliphatic rings. The topological polar surface area (TPSA) is 64.4 Å². The van der Waals surface area contributed by atoms with Crippen molar-refractivity contribution in [2.24, 2.45) is 5.10 Å². The zero-order chi connectivity index (χ0) is 17.9. The van der Waals surface area contributed by atoms with Crippen LogP contribution in [-0.2, 0) is 6.18 Å². The summed E-state index contributed by atoms with van der Waals surface area (Å²) >= 11 is 4.68. The molecule has 2 rings (SSSR count). The molecule has 0 radical (unpaired) electrons. The van der Waals surface area contributed by atoms with Crippen LogP contribution in [0.3, 0.4) is 0 Å². The monoisotopic (exact) mass is 368 g/mol. The van der Waals surface area contributed by atoms with Gasteiger partial charge >= 0.3 is 12.8 Å². The number of nitrogens with one attached hydrogen (secondary N) is 1. The summed E-state index contributed by atoms with van der Waals surface area (Å²) in [5.74, 6) is -1.58. The predicted molar refractivity (Wildman–Crippen MR) is 75.0 cm³/mol. The van der Waals surface area contributed by atoms with Gasteiger partial charge in [0, 0.05) is 0 Å². The van der Waals surface area contributed by atoms with Gasteiger partial charge in [-0.25, -0.2) is 5.10 Å². The Balaban J connectivity index is 2.34. The van der Waals surface area contributed by atoms with E-state index in [2.05, 4.69) is 27.2 Å². The van der Waals surface area contributed by atoms with Crippen molar-refractivity contribution >= 4 is 18.4 Å². The van der Waals surface area contributed by atoms with E-state index in [4.69, 9.17) is 4.74 Å². The highest BCUT2D eigenvalue weighted by Crippen LogP contribution is 2.29. The Morgan fingerprint density at radius 2 is 2.04 bits per heavy atom. The van der Waals surface area contributed by atoms with E-state index >= 15 is 0 Å². The van der Waals surface area contributed by atoms with Gasteiger partial charge in [-0.1, -0.05) is 0 Å². The third-order valence-electron chi connectivity index (χ3n) is 2.63. The first-order valence-corrected chi connectivity index (χ1v) is 6.55. The number of methoxy groups -OCH3 is 1. The standard InChI is InChI=1S/C12H9F5N4O2S/c1-22-8-4-6(2-3-7(8)23-10(13)14)5-18-21-9(12(15,16)17)19-20-11(21)24/h2-5,10H,1H3,(H,20,24)/b18-5-. The Kier molecular flexibility index (Phi) is 5.17. The minimum absolute atomic E-state index is 0.0360. The Labute approximate surface area is 136 Å². The highest BCUT2D eigenvalue weighted by atomic mass is 32.1. The third kappa shape index (κ3) is 4.07. The van der Waals surface area contributed by atoms with Crippen LogP contribution in [-0.4, -0.2) is 34.8 Å². The molecular weight excluding hydrogens is 359 g/mol. The van der Waals surface area contributed by atoms with Gasteiger partial charge in [0.05, 0.1) is 13.3 Å². The number of nitrogens with zero attached hydrogens (tertiary/aromatic N) is 3. The number of H-pyrrole nitrogens is 1. The molecule has 1 aromatic carbocycles. The maximum absolute atomic E-state index is 12.7. The lowest BCUT2D eigenvalue weighted by Crippen LogP contribution is -2.12. The quantitative estimate of drug-likeness (QED) is 0.499. The van der Waals surface area contributed by atoms with Crippen LogP contribution in [0.1, 0.15) is 11.4 Å². The van der Waals surface area contributed by atoms with Crippen LogP contribution in [0.2, 0.25) is 0 Å². The number of benzene rings is 1. The number of ether oxygens (including phenoxy) is 2. The lowest BCUT2D eigenvalue weighted by molar-refractivity contribution is -0.147. The number of halogens is 5. The molecule has 0 amide bonds. The van der Waals surface area contributed by atoms with Crippen molar-refractivity contribution in [2.45, 2.75) is 12.8 Å². The fourth-order valence-corrected chi connectivity index (χ4v) is 1.84. The van der Waals surface area contributed by atoms with Crippen molar-refractivity contribution in [3.05, 3.63) is 34.4 Å². The van der Waals surface area contributed by atoms with Gasteiger partial charge in [0.1, 0.15) is 0 Å². The van der Waals surface area contributed by atoms with Crippen LogP contribution in [0, 0.1) is 4.77 Å². The van der Waals surface area contributed by atoms with Crippen LogP contribution in [0.25, 0.3) is 0 Å². The summed E-state index contributed by atoms with van der Waals surface area (Å²) in [6.45, 7) is -3.04. The van der Waals surface area contributed by atoms with E-state index in [0.29, 0.717) is 4.68 Å². The first-order chi connectivity index (χ1) is 11.2. The van der Waals surface area contributed by atoms with Crippen molar-refractivity contribution in [1.82, 2.24) is 14.9 Å². The average Bonchev–Trinajstić information content (AvgIpc) is 2.86. The van der Waals surface area contributed by atoms with Gasteiger partial charge in [-0.2, -0.15) is 31.7 Å². The normalized spacial score (nSPS) is 12.1. The summed E-state index contributed by atoms with van der Waals surface area (Å²) in [6.07, 6.45) is -3.72. The van der Waals surface area contributed by atoms with Gasteiger partial charge in [-0.3, -0.25) is 0 Å². The fourth-order valence-electron chi connectivity index (χ4n) is 1.66. The van der Waals surface area contributed by atoms with E-state index in [-0.39, 0.29) is 21.8 Å². The third-order valence-corrected chi connectivity index (χ3v) is 2.89. The molecule has 0 saturated carbocycles.